The van der Waals surface area contributed by atoms with Gasteiger partial charge in [-0.3, -0.25) is 0 Å². The Morgan fingerprint density at radius 3 is 1.38 bits per heavy atom. The molecule has 0 spiro atoms. The molecular weight excluding hydrogens is 415 g/mol. The third-order valence-corrected chi connectivity index (χ3v) is 3.04. The average molecular weight is 416 g/mol. The summed E-state index contributed by atoms with van der Waals surface area (Å²) in [5.41, 5.74) is 0. The molecule has 0 aliphatic carbocycles. The Morgan fingerprint density at radius 1 is 0.708 bits per heavy atom. The third-order valence-electron chi connectivity index (χ3n) is 1.90. The topological polar surface area (TPSA) is 52.6 Å². The summed E-state index contributed by atoms with van der Waals surface area (Å²) in [4.78, 5) is 2.13. The van der Waals surface area contributed by atoms with Crippen molar-refractivity contribution < 1.29 is 74.7 Å². The number of rotatable bonds is 6. The maximum Gasteiger partial charge on any atom is 0.460 e. The lowest BCUT2D eigenvalue weighted by molar-refractivity contribution is -0.390. The fourth-order valence-electron chi connectivity index (χ4n) is 0.701. The van der Waals surface area contributed by atoms with E-state index in [9.17, 15) is 65.5 Å². The molecule has 0 heterocycles. The summed E-state index contributed by atoms with van der Waals surface area (Å²) in [6.45, 7) is 0. The second kappa shape index (κ2) is 6.04. The van der Waals surface area contributed by atoms with E-state index in [2.05, 4.69) is 4.89 Å². The fourth-order valence-corrected chi connectivity index (χ4v) is 1.40. The van der Waals surface area contributed by atoms with Gasteiger partial charge < -0.3 is 0 Å². The van der Waals surface area contributed by atoms with Crippen molar-refractivity contribution in [1.82, 2.24) is 0 Å². The highest BCUT2D eigenvalue weighted by molar-refractivity contribution is 7.87. The molecule has 0 radical (unpaired) electrons. The van der Waals surface area contributed by atoms with Crippen molar-refractivity contribution >= 4 is 10.1 Å². The summed E-state index contributed by atoms with van der Waals surface area (Å²) in [6, 6.07) is 0. The Kier molecular flexibility index (Phi) is 5.78. The molecule has 0 amide bonds. The first-order valence-corrected chi connectivity index (χ1v) is 6.04. The van der Waals surface area contributed by atoms with Crippen LogP contribution in [0.4, 0.5) is 57.1 Å². The number of halogens is 13. The molecule has 0 saturated carbocycles. The largest absolute Gasteiger partial charge is 0.460 e. The van der Waals surface area contributed by atoms with Gasteiger partial charge in [0.2, 0.25) is 0 Å². The summed E-state index contributed by atoms with van der Waals surface area (Å²) >= 11 is 0. The predicted octanol–water partition coefficient (Wildman–Crippen LogP) is 3.55. The average Bonchev–Trinajstić information content (AvgIpc) is 2.32. The quantitative estimate of drug-likeness (QED) is 0.378. The van der Waals surface area contributed by atoms with E-state index in [1.807, 2.05) is 4.33 Å². The summed E-state index contributed by atoms with van der Waals surface area (Å²) in [5.74, 6) is -15.4. The number of hydrogen-bond acceptors (Lipinski definition) is 4. The molecule has 1 unspecified atom stereocenters. The van der Waals surface area contributed by atoms with E-state index in [0.29, 0.717) is 0 Å². The Morgan fingerprint density at radius 2 is 1.08 bits per heavy atom. The molecule has 0 N–H and O–H groups in total. The normalized spacial score (nSPS) is 17.0. The highest BCUT2D eigenvalue weighted by Gasteiger charge is 2.86. The van der Waals surface area contributed by atoms with Crippen LogP contribution >= 0.6 is 0 Å². The van der Waals surface area contributed by atoms with Crippen LogP contribution in [0, 0.1) is 0 Å². The Bertz CT molecular complexity index is 546. The van der Waals surface area contributed by atoms with Crippen LogP contribution in [0.2, 0.25) is 0 Å². The van der Waals surface area contributed by atoms with Crippen LogP contribution in [-0.2, 0) is 19.3 Å². The highest BCUT2D eigenvalue weighted by atomic mass is 32.2. The van der Waals surface area contributed by atoms with E-state index < -0.39 is 45.9 Å². The minimum absolute atomic E-state index is 2.02. The van der Waals surface area contributed by atoms with Gasteiger partial charge in [-0.1, -0.05) is 4.33 Å². The van der Waals surface area contributed by atoms with Crippen molar-refractivity contribution in [2.45, 2.75) is 35.8 Å². The van der Waals surface area contributed by atoms with E-state index in [-0.39, 0.29) is 0 Å². The Labute approximate surface area is 122 Å². The van der Waals surface area contributed by atoms with Crippen molar-refractivity contribution in [3.05, 3.63) is 0 Å². The summed E-state index contributed by atoms with van der Waals surface area (Å²) in [5, 5.41) is -7.47. The van der Waals surface area contributed by atoms with Crippen LogP contribution in [-0.4, -0.2) is 44.2 Å². The molecule has 24 heavy (non-hydrogen) atoms. The zero-order chi connectivity index (χ0) is 20.0. The van der Waals surface area contributed by atoms with E-state index in [1.54, 1.807) is 0 Å². The Hall–Kier alpha value is -1.04. The van der Waals surface area contributed by atoms with Gasteiger partial charge >= 0.3 is 45.9 Å². The summed E-state index contributed by atoms with van der Waals surface area (Å²) < 4.78 is 180. The van der Waals surface area contributed by atoms with Crippen LogP contribution < -0.4 is 0 Å². The minimum atomic E-state index is -7.76. The first kappa shape index (κ1) is 23.0. The smallest absolute Gasteiger partial charge is 0.202 e. The first-order chi connectivity index (χ1) is 10.1. The van der Waals surface area contributed by atoms with Crippen molar-refractivity contribution in [2.24, 2.45) is 0 Å². The monoisotopic (exact) mass is 416 g/mol. The molecule has 0 aromatic heterocycles. The molecule has 146 valence electrons. The van der Waals surface area contributed by atoms with Gasteiger partial charge in [0.15, 0.2) is 0 Å². The van der Waals surface area contributed by atoms with Crippen LogP contribution in [0.15, 0.2) is 0 Å². The molecule has 0 bridgehead atoms. The lowest BCUT2D eigenvalue weighted by Crippen LogP contribution is -2.63. The molecular formula is C6HF13O4S. The molecule has 0 fully saturated rings. The third kappa shape index (κ3) is 3.79. The van der Waals surface area contributed by atoms with Crippen LogP contribution in [0.25, 0.3) is 0 Å². The van der Waals surface area contributed by atoms with Crippen LogP contribution in [0.3, 0.4) is 0 Å². The van der Waals surface area contributed by atoms with Crippen LogP contribution in [0.5, 0.6) is 0 Å². The Balaban J connectivity index is 5.71. The van der Waals surface area contributed by atoms with Gasteiger partial charge in [-0.15, -0.1) is 0 Å². The van der Waals surface area contributed by atoms with Crippen molar-refractivity contribution in [2.75, 3.05) is 0 Å². The molecule has 0 rings (SSSR count). The number of alkyl halides is 13. The second-order valence-corrected chi connectivity index (χ2v) is 5.20. The molecule has 1 atom stereocenters. The van der Waals surface area contributed by atoms with Gasteiger partial charge in [0.25, 0.3) is 0 Å². The molecule has 0 saturated heterocycles. The maximum atomic E-state index is 12.8. The van der Waals surface area contributed by atoms with Gasteiger partial charge in [-0.25, -0.2) is 4.39 Å². The summed E-state index contributed by atoms with van der Waals surface area (Å²) in [7, 11) is -7.74. The molecule has 18 heteroatoms. The number of hydrogen-bond donors (Lipinski definition) is 0. The lowest BCUT2D eigenvalue weighted by atomic mass is 10.1. The highest BCUT2D eigenvalue weighted by Crippen LogP contribution is 2.55. The van der Waals surface area contributed by atoms with E-state index in [0.717, 1.165) is 0 Å². The molecule has 4 nitrogen and oxygen atoms in total. The van der Waals surface area contributed by atoms with E-state index in [4.69, 9.17) is 0 Å². The van der Waals surface area contributed by atoms with Crippen LogP contribution in [0.1, 0.15) is 0 Å². The van der Waals surface area contributed by atoms with Crippen molar-refractivity contribution in [3.63, 3.8) is 0 Å². The van der Waals surface area contributed by atoms with Crippen molar-refractivity contribution in [3.8, 4) is 0 Å². The lowest BCUT2D eigenvalue weighted by Gasteiger charge is -2.32. The molecule has 0 aliphatic heterocycles. The fraction of sp³-hybridized carbons (Fsp3) is 1.00. The van der Waals surface area contributed by atoms with Gasteiger partial charge in [-0.2, -0.15) is 66.0 Å². The second-order valence-electron chi connectivity index (χ2n) is 3.64. The zero-order valence-corrected chi connectivity index (χ0v) is 10.8. The van der Waals surface area contributed by atoms with E-state index in [1.165, 1.54) is 0 Å². The molecule has 0 aromatic carbocycles. The zero-order valence-electron chi connectivity index (χ0n) is 10.0. The minimum Gasteiger partial charge on any atom is -0.202 e. The van der Waals surface area contributed by atoms with Gasteiger partial charge in [0.05, 0.1) is 0 Å². The SMILES string of the molecule is O=S(=O)(OOC(F)C(F)(F)F)C(F)(F)C(F)(F)C(F)(F)C(F)(F)F. The van der Waals surface area contributed by atoms with Crippen molar-refractivity contribution in [1.29, 1.82) is 0 Å². The predicted molar refractivity (Wildman–Crippen MR) is 42.9 cm³/mol. The summed E-state index contributed by atoms with van der Waals surface area (Å²) in [6.07, 6.45) is -18.4. The standard InChI is InChI=1S/C6HF13O4S/c7-1(2(8,9)10)22-23-24(20,21)6(18,19)4(13,14)3(11,12)5(15,16)17/h1H. The maximum absolute atomic E-state index is 12.8. The molecule has 0 aliphatic rings. The molecule has 0 aromatic rings. The van der Waals surface area contributed by atoms with Gasteiger partial charge in [0.1, 0.15) is 0 Å². The van der Waals surface area contributed by atoms with E-state index >= 15 is 0 Å². The van der Waals surface area contributed by atoms with Gasteiger partial charge in [-0.05, 0) is 0 Å². The first-order valence-electron chi connectivity index (χ1n) is 4.63. The van der Waals surface area contributed by atoms with Gasteiger partial charge in [0, 0.05) is 0 Å².